The van der Waals surface area contributed by atoms with Gasteiger partial charge in [0.2, 0.25) is 0 Å². The van der Waals surface area contributed by atoms with Crippen molar-refractivity contribution in [1.29, 1.82) is 0 Å². The van der Waals surface area contributed by atoms with Crippen LogP contribution < -0.4 is 5.32 Å². The molecule has 2 aliphatic carbocycles. The van der Waals surface area contributed by atoms with E-state index in [2.05, 4.69) is 37.9 Å². The van der Waals surface area contributed by atoms with Crippen molar-refractivity contribution in [3.05, 3.63) is 0 Å². The topological polar surface area (TPSA) is 15.3 Å². The predicted octanol–water partition coefficient (Wildman–Crippen LogP) is 3.27. The minimum Gasteiger partial charge on any atom is -0.308 e. The first kappa shape index (κ1) is 13.9. The molecular formula is C17H32N2. The Balaban J connectivity index is 1.68. The van der Waals surface area contributed by atoms with Gasteiger partial charge >= 0.3 is 0 Å². The van der Waals surface area contributed by atoms with Gasteiger partial charge in [-0.3, -0.25) is 4.90 Å². The molecule has 0 bridgehead atoms. The Bertz CT molecular complexity index is 325. The largest absolute Gasteiger partial charge is 0.308 e. The molecule has 3 rings (SSSR count). The molecule has 2 nitrogen and oxygen atoms in total. The molecule has 5 unspecified atom stereocenters. The summed E-state index contributed by atoms with van der Waals surface area (Å²) in [7, 11) is 0. The quantitative estimate of drug-likeness (QED) is 0.823. The monoisotopic (exact) mass is 264 g/mol. The van der Waals surface area contributed by atoms with Gasteiger partial charge in [-0.25, -0.2) is 0 Å². The summed E-state index contributed by atoms with van der Waals surface area (Å²) >= 11 is 0. The van der Waals surface area contributed by atoms with Gasteiger partial charge in [-0.15, -0.1) is 0 Å². The number of nitrogens with one attached hydrogen (secondary N) is 1. The van der Waals surface area contributed by atoms with Crippen molar-refractivity contribution in [1.82, 2.24) is 10.2 Å². The summed E-state index contributed by atoms with van der Waals surface area (Å²) in [6.07, 6.45) is 7.18. The standard InChI is InChI=1S/C17H32N2/c1-12-5-8-16(9-13(12)2)19-11-17(4,15-6-7-15)18-10-14(19)3/h12-16,18H,5-11H2,1-4H3. The maximum Gasteiger partial charge on any atom is 0.0309 e. The van der Waals surface area contributed by atoms with Crippen LogP contribution >= 0.6 is 0 Å². The normalized spacial score (nSPS) is 49.3. The van der Waals surface area contributed by atoms with Crippen molar-refractivity contribution in [3.8, 4) is 0 Å². The minimum absolute atomic E-state index is 0.402. The first-order chi connectivity index (χ1) is 8.99. The third kappa shape index (κ3) is 2.71. The van der Waals surface area contributed by atoms with Crippen molar-refractivity contribution < 1.29 is 0 Å². The molecule has 2 heteroatoms. The second kappa shape index (κ2) is 5.04. The van der Waals surface area contributed by atoms with E-state index < -0.39 is 0 Å². The third-order valence-electron chi connectivity index (χ3n) is 6.40. The van der Waals surface area contributed by atoms with E-state index in [-0.39, 0.29) is 0 Å². The highest BCUT2D eigenvalue weighted by molar-refractivity contribution is 5.05. The Morgan fingerprint density at radius 1 is 1.00 bits per heavy atom. The van der Waals surface area contributed by atoms with E-state index in [4.69, 9.17) is 0 Å². The van der Waals surface area contributed by atoms with Crippen molar-refractivity contribution >= 4 is 0 Å². The van der Waals surface area contributed by atoms with Gasteiger partial charge in [0.1, 0.15) is 0 Å². The number of nitrogens with zero attached hydrogens (tertiary/aromatic N) is 1. The molecule has 0 aromatic rings. The minimum atomic E-state index is 0.402. The molecule has 2 saturated carbocycles. The molecule has 3 aliphatic rings. The molecule has 1 saturated heterocycles. The van der Waals surface area contributed by atoms with Crippen LogP contribution in [-0.2, 0) is 0 Å². The first-order valence-electron chi connectivity index (χ1n) is 8.50. The van der Waals surface area contributed by atoms with E-state index >= 15 is 0 Å². The summed E-state index contributed by atoms with van der Waals surface area (Å²) in [5.41, 5.74) is 0.402. The molecule has 0 radical (unpaired) electrons. The number of piperazine rings is 1. The molecule has 0 spiro atoms. The molecule has 0 aromatic carbocycles. The molecule has 0 aromatic heterocycles. The predicted molar refractivity (Wildman–Crippen MR) is 81.3 cm³/mol. The van der Waals surface area contributed by atoms with Crippen LogP contribution in [0.5, 0.6) is 0 Å². The van der Waals surface area contributed by atoms with Crippen LogP contribution in [0.1, 0.15) is 59.8 Å². The Kier molecular flexibility index (Phi) is 3.68. The van der Waals surface area contributed by atoms with Gasteiger partial charge in [0.05, 0.1) is 0 Å². The molecule has 1 N–H and O–H groups in total. The zero-order valence-corrected chi connectivity index (χ0v) is 13.3. The summed E-state index contributed by atoms with van der Waals surface area (Å²) in [6, 6.07) is 1.57. The first-order valence-corrected chi connectivity index (χ1v) is 8.50. The highest BCUT2D eigenvalue weighted by Crippen LogP contribution is 2.43. The fourth-order valence-corrected chi connectivity index (χ4v) is 4.39. The average Bonchev–Trinajstić information content (AvgIpc) is 3.21. The van der Waals surface area contributed by atoms with Gasteiger partial charge in [0.25, 0.3) is 0 Å². The Morgan fingerprint density at radius 2 is 1.74 bits per heavy atom. The molecule has 0 amide bonds. The Hall–Kier alpha value is -0.0800. The van der Waals surface area contributed by atoms with Crippen molar-refractivity contribution in [2.45, 2.75) is 77.4 Å². The highest BCUT2D eigenvalue weighted by Gasteiger charge is 2.47. The van der Waals surface area contributed by atoms with Crippen LogP contribution in [-0.4, -0.2) is 35.6 Å². The SMILES string of the molecule is CC1CCC(N2CC(C)(C3CC3)NCC2C)CC1C. The molecule has 1 heterocycles. The lowest BCUT2D eigenvalue weighted by molar-refractivity contribution is 0.0154. The zero-order chi connectivity index (χ0) is 13.6. The van der Waals surface area contributed by atoms with Crippen molar-refractivity contribution in [2.24, 2.45) is 17.8 Å². The second-order valence-electron chi connectivity index (χ2n) is 8.02. The smallest absolute Gasteiger partial charge is 0.0309 e. The fraction of sp³-hybridized carbons (Fsp3) is 1.00. The van der Waals surface area contributed by atoms with E-state index in [0.717, 1.165) is 29.8 Å². The van der Waals surface area contributed by atoms with Gasteiger partial charge in [-0.2, -0.15) is 0 Å². The molecule has 19 heavy (non-hydrogen) atoms. The summed E-state index contributed by atoms with van der Waals surface area (Å²) < 4.78 is 0. The Labute approximate surface area is 119 Å². The van der Waals surface area contributed by atoms with Crippen LogP contribution in [0.4, 0.5) is 0 Å². The second-order valence-corrected chi connectivity index (χ2v) is 8.02. The van der Waals surface area contributed by atoms with Gasteiger partial charge in [-0.05, 0) is 63.7 Å². The van der Waals surface area contributed by atoms with Crippen LogP contribution in [0.2, 0.25) is 0 Å². The van der Waals surface area contributed by atoms with E-state index in [1.807, 2.05) is 0 Å². The van der Waals surface area contributed by atoms with Crippen molar-refractivity contribution in [3.63, 3.8) is 0 Å². The number of rotatable bonds is 2. The van der Waals surface area contributed by atoms with E-state index in [1.165, 1.54) is 45.2 Å². The average molecular weight is 264 g/mol. The summed E-state index contributed by atoms with van der Waals surface area (Å²) in [6.45, 7) is 12.3. The van der Waals surface area contributed by atoms with Crippen LogP contribution in [0.3, 0.4) is 0 Å². The lowest BCUT2D eigenvalue weighted by atomic mass is 9.77. The lowest BCUT2D eigenvalue weighted by Gasteiger charge is -2.51. The van der Waals surface area contributed by atoms with Gasteiger partial charge in [0.15, 0.2) is 0 Å². The van der Waals surface area contributed by atoms with E-state index in [1.54, 1.807) is 0 Å². The van der Waals surface area contributed by atoms with E-state index in [9.17, 15) is 0 Å². The van der Waals surface area contributed by atoms with Gasteiger partial charge < -0.3 is 5.32 Å². The van der Waals surface area contributed by atoms with Crippen LogP contribution in [0, 0.1) is 17.8 Å². The number of hydrogen-bond donors (Lipinski definition) is 1. The summed E-state index contributed by atoms with van der Waals surface area (Å²) in [5, 5.41) is 3.85. The molecule has 3 fully saturated rings. The highest BCUT2D eigenvalue weighted by atomic mass is 15.3. The fourth-order valence-electron chi connectivity index (χ4n) is 4.39. The molecule has 110 valence electrons. The molecule has 1 aliphatic heterocycles. The maximum atomic E-state index is 3.85. The molecular weight excluding hydrogens is 232 g/mol. The van der Waals surface area contributed by atoms with Gasteiger partial charge in [0, 0.05) is 30.7 Å². The number of hydrogen-bond acceptors (Lipinski definition) is 2. The zero-order valence-electron chi connectivity index (χ0n) is 13.3. The van der Waals surface area contributed by atoms with Gasteiger partial charge in [-0.1, -0.05) is 13.8 Å². The Morgan fingerprint density at radius 3 is 2.37 bits per heavy atom. The van der Waals surface area contributed by atoms with E-state index in [0.29, 0.717) is 5.54 Å². The van der Waals surface area contributed by atoms with Crippen LogP contribution in [0.25, 0.3) is 0 Å². The summed E-state index contributed by atoms with van der Waals surface area (Å²) in [4.78, 5) is 2.86. The lowest BCUT2D eigenvalue weighted by Crippen LogP contribution is -2.65. The third-order valence-corrected chi connectivity index (χ3v) is 6.40. The maximum absolute atomic E-state index is 3.85. The van der Waals surface area contributed by atoms with Crippen molar-refractivity contribution in [2.75, 3.05) is 13.1 Å². The molecule has 5 atom stereocenters. The van der Waals surface area contributed by atoms with Crippen LogP contribution in [0.15, 0.2) is 0 Å². The summed E-state index contributed by atoms with van der Waals surface area (Å²) in [5.74, 6) is 2.79.